The van der Waals surface area contributed by atoms with Crippen molar-refractivity contribution < 1.29 is 14.4 Å². The van der Waals surface area contributed by atoms with Crippen LogP contribution in [0.15, 0.2) is 78.9 Å². The van der Waals surface area contributed by atoms with Gasteiger partial charge in [-0.05, 0) is 54.4 Å². The van der Waals surface area contributed by atoms with Crippen LogP contribution in [0, 0.1) is 24.2 Å². The fourth-order valence-corrected chi connectivity index (χ4v) is 4.39. The van der Waals surface area contributed by atoms with Crippen molar-refractivity contribution in [2.75, 3.05) is 9.96 Å². The first kappa shape index (κ1) is 19.0. The predicted molar refractivity (Wildman–Crippen MR) is 115 cm³/mol. The molecule has 0 bridgehead atoms. The lowest BCUT2D eigenvalue weighted by Crippen LogP contribution is -2.37. The van der Waals surface area contributed by atoms with Crippen molar-refractivity contribution in [2.24, 2.45) is 5.92 Å². The number of anilines is 2. The van der Waals surface area contributed by atoms with Crippen LogP contribution in [0.3, 0.4) is 0 Å². The van der Waals surface area contributed by atoms with E-state index in [1.807, 2.05) is 67.6 Å². The van der Waals surface area contributed by atoms with Crippen molar-refractivity contribution in [3.8, 4) is 6.07 Å². The molecular formula is C25H19N3O3. The van der Waals surface area contributed by atoms with Crippen LogP contribution < -0.4 is 9.96 Å². The minimum absolute atomic E-state index is 0.300. The zero-order chi connectivity index (χ0) is 21.5. The van der Waals surface area contributed by atoms with E-state index in [-0.39, 0.29) is 5.91 Å². The number of hydrogen-bond acceptors (Lipinski definition) is 5. The van der Waals surface area contributed by atoms with Crippen LogP contribution in [0.25, 0.3) is 0 Å². The van der Waals surface area contributed by atoms with Gasteiger partial charge in [-0.25, -0.2) is 9.96 Å². The van der Waals surface area contributed by atoms with Crippen LogP contribution in [-0.2, 0) is 14.4 Å². The second-order valence-corrected chi connectivity index (χ2v) is 7.69. The Labute approximate surface area is 179 Å². The molecule has 152 valence electrons. The molecule has 2 heterocycles. The van der Waals surface area contributed by atoms with E-state index >= 15 is 0 Å². The summed E-state index contributed by atoms with van der Waals surface area (Å²) in [6.07, 6.45) is -0.909. The lowest BCUT2D eigenvalue weighted by Gasteiger charge is -2.29. The molecule has 0 spiro atoms. The van der Waals surface area contributed by atoms with Gasteiger partial charge in [-0.15, -0.1) is 0 Å². The van der Waals surface area contributed by atoms with Gasteiger partial charge in [0.2, 0.25) is 5.91 Å². The van der Waals surface area contributed by atoms with E-state index in [0.29, 0.717) is 11.3 Å². The minimum Gasteiger partial charge on any atom is -0.273 e. The van der Waals surface area contributed by atoms with E-state index in [0.717, 1.165) is 16.8 Å². The zero-order valence-corrected chi connectivity index (χ0v) is 16.8. The van der Waals surface area contributed by atoms with E-state index < -0.39 is 24.0 Å². The van der Waals surface area contributed by atoms with Gasteiger partial charge in [0.1, 0.15) is 5.92 Å². The van der Waals surface area contributed by atoms with Gasteiger partial charge in [-0.3, -0.25) is 14.4 Å². The number of nitrogens with zero attached hydrogens (tertiary/aromatic N) is 3. The number of para-hydroxylation sites is 1. The molecule has 0 radical (unpaired) electrons. The number of amides is 2. The summed E-state index contributed by atoms with van der Waals surface area (Å²) >= 11 is 0. The van der Waals surface area contributed by atoms with Crippen LogP contribution >= 0.6 is 0 Å². The van der Waals surface area contributed by atoms with Crippen LogP contribution in [0.1, 0.15) is 22.7 Å². The average molecular weight is 409 g/mol. The van der Waals surface area contributed by atoms with Crippen LogP contribution in [0.2, 0.25) is 0 Å². The normalized spacial score (nSPS) is 22.5. The molecule has 0 saturated carbocycles. The van der Waals surface area contributed by atoms with Gasteiger partial charge in [-0.1, -0.05) is 42.5 Å². The van der Waals surface area contributed by atoms with Gasteiger partial charge in [0.15, 0.2) is 6.10 Å². The molecule has 0 unspecified atom stereocenters. The number of fused-ring (bicyclic) bond motifs is 1. The predicted octanol–water partition coefficient (Wildman–Crippen LogP) is 3.92. The quantitative estimate of drug-likeness (QED) is 0.613. The summed E-state index contributed by atoms with van der Waals surface area (Å²) in [4.78, 5) is 34.2. The number of hydroxylamine groups is 1. The Morgan fingerprint density at radius 1 is 0.839 bits per heavy atom. The first-order chi connectivity index (χ1) is 15.1. The van der Waals surface area contributed by atoms with Gasteiger partial charge < -0.3 is 0 Å². The van der Waals surface area contributed by atoms with E-state index in [1.54, 1.807) is 29.3 Å². The topological polar surface area (TPSA) is 73.6 Å². The molecule has 0 aliphatic carbocycles. The standard InChI is InChI=1S/C25H19N3O3/c1-16-7-5-6-10-20(16)22-21-23(31-28(22)19-8-3-2-4-9-19)25(30)27(24(21)29)18-13-11-17(15-26)12-14-18/h2-14,21-23H,1H3/t21-,22+,23+/m1/s1. The summed E-state index contributed by atoms with van der Waals surface area (Å²) < 4.78 is 0. The van der Waals surface area contributed by atoms with E-state index in [4.69, 9.17) is 10.1 Å². The molecule has 6 nitrogen and oxygen atoms in total. The maximum atomic E-state index is 13.6. The Bertz CT molecular complexity index is 1200. The van der Waals surface area contributed by atoms with Crippen molar-refractivity contribution in [3.63, 3.8) is 0 Å². The fourth-order valence-electron chi connectivity index (χ4n) is 4.39. The SMILES string of the molecule is Cc1ccccc1[C@H]1[C@H]2C(=O)N(c3ccc(C#N)cc3)C(=O)[C@H]2ON1c1ccccc1. The maximum absolute atomic E-state index is 13.6. The number of imide groups is 1. The highest BCUT2D eigenvalue weighted by Gasteiger charge is 2.60. The summed E-state index contributed by atoms with van der Waals surface area (Å²) in [7, 11) is 0. The number of nitriles is 1. The molecular weight excluding hydrogens is 390 g/mol. The third kappa shape index (κ3) is 2.98. The van der Waals surface area contributed by atoms with E-state index in [9.17, 15) is 9.59 Å². The second kappa shape index (κ2) is 7.38. The number of benzene rings is 3. The van der Waals surface area contributed by atoms with E-state index in [1.165, 1.54) is 4.90 Å². The van der Waals surface area contributed by atoms with Gasteiger partial charge in [0, 0.05) is 0 Å². The molecule has 0 N–H and O–H groups in total. The smallest absolute Gasteiger partial charge is 0.266 e. The summed E-state index contributed by atoms with van der Waals surface area (Å²) in [6.45, 7) is 1.99. The first-order valence-corrected chi connectivity index (χ1v) is 10.0. The summed E-state index contributed by atoms with van der Waals surface area (Å²) in [5, 5.41) is 10.7. The molecule has 3 aromatic rings. The molecule has 2 amide bonds. The number of aryl methyl sites for hydroxylation is 1. The first-order valence-electron chi connectivity index (χ1n) is 10.0. The largest absolute Gasteiger partial charge is 0.273 e. The van der Waals surface area contributed by atoms with Crippen LogP contribution in [-0.4, -0.2) is 17.9 Å². The molecule has 3 atom stereocenters. The number of hydrogen-bond donors (Lipinski definition) is 0. The fraction of sp³-hybridized carbons (Fsp3) is 0.160. The molecule has 6 heteroatoms. The monoisotopic (exact) mass is 409 g/mol. The van der Waals surface area contributed by atoms with Crippen molar-refractivity contribution in [2.45, 2.75) is 19.1 Å². The highest BCUT2D eigenvalue weighted by molar-refractivity contribution is 6.23. The molecule has 5 rings (SSSR count). The minimum atomic E-state index is -0.909. The Morgan fingerprint density at radius 2 is 1.52 bits per heavy atom. The van der Waals surface area contributed by atoms with Gasteiger partial charge in [0.25, 0.3) is 5.91 Å². The molecule has 31 heavy (non-hydrogen) atoms. The summed E-state index contributed by atoms with van der Waals surface area (Å²) in [5.74, 6) is -1.37. The maximum Gasteiger partial charge on any atom is 0.266 e. The number of carbonyl (C=O) groups is 2. The van der Waals surface area contributed by atoms with Crippen molar-refractivity contribution in [1.29, 1.82) is 5.26 Å². The molecule has 2 saturated heterocycles. The third-order valence-electron chi connectivity index (χ3n) is 5.89. The molecule has 2 aliphatic heterocycles. The van der Waals surface area contributed by atoms with Crippen LogP contribution in [0.4, 0.5) is 11.4 Å². The second-order valence-electron chi connectivity index (χ2n) is 7.69. The Balaban J connectivity index is 1.59. The van der Waals surface area contributed by atoms with E-state index in [2.05, 4.69) is 0 Å². The Morgan fingerprint density at radius 3 is 2.19 bits per heavy atom. The van der Waals surface area contributed by atoms with Crippen molar-refractivity contribution in [3.05, 3.63) is 95.6 Å². The Hall–Kier alpha value is -3.95. The third-order valence-corrected chi connectivity index (χ3v) is 5.89. The number of carbonyl (C=O) groups excluding carboxylic acids is 2. The summed E-state index contributed by atoms with van der Waals surface area (Å²) in [6, 6.07) is 25.4. The zero-order valence-electron chi connectivity index (χ0n) is 16.8. The molecule has 3 aromatic carbocycles. The molecule has 2 aliphatic rings. The van der Waals surface area contributed by atoms with Gasteiger partial charge in [-0.2, -0.15) is 5.26 Å². The van der Waals surface area contributed by atoms with Crippen molar-refractivity contribution in [1.82, 2.24) is 0 Å². The Kier molecular flexibility index (Phi) is 4.54. The average Bonchev–Trinajstić information content (AvgIpc) is 3.31. The van der Waals surface area contributed by atoms with Gasteiger partial charge in [0.05, 0.1) is 29.0 Å². The highest BCUT2D eigenvalue weighted by atomic mass is 16.7. The van der Waals surface area contributed by atoms with Crippen molar-refractivity contribution >= 4 is 23.2 Å². The van der Waals surface area contributed by atoms with Crippen LogP contribution in [0.5, 0.6) is 0 Å². The number of rotatable bonds is 3. The lowest BCUT2D eigenvalue weighted by molar-refractivity contribution is -0.126. The molecule has 0 aromatic heterocycles. The van der Waals surface area contributed by atoms with Gasteiger partial charge >= 0.3 is 0 Å². The molecule has 2 fully saturated rings. The summed E-state index contributed by atoms with van der Waals surface area (Å²) in [5.41, 5.74) is 3.67. The highest BCUT2D eigenvalue weighted by Crippen LogP contribution is 2.48. The lowest BCUT2D eigenvalue weighted by atomic mass is 9.88.